The van der Waals surface area contributed by atoms with E-state index in [1.54, 1.807) is 18.2 Å². The minimum atomic E-state index is -1.49. The Morgan fingerprint density at radius 3 is 2.05 bits per heavy atom. The molecule has 0 aliphatic carbocycles. The largest absolute Gasteiger partial charge is 0.383 e. The molecule has 0 heterocycles. The van der Waals surface area contributed by atoms with E-state index in [0.29, 0.717) is 17.7 Å². The van der Waals surface area contributed by atoms with Crippen molar-refractivity contribution in [3.8, 4) is 0 Å². The van der Waals surface area contributed by atoms with E-state index in [4.69, 9.17) is 0 Å². The molecule has 3 aromatic carbocycles. The zero-order valence-corrected chi connectivity index (χ0v) is 10.9. The predicted octanol–water partition coefficient (Wildman–Crippen LogP) is 4.34. The molecule has 1 nitrogen and oxygen atoms in total. The summed E-state index contributed by atoms with van der Waals surface area (Å²) in [5, 5.41) is 12.0. The monoisotopic (exact) mass is 288 g/mol. The molecule has 1 N–H and O–H groups in total. The molecule has 1 atom stereocenters. The molecule has 0 spiro atoms. The number of benzene rings is 3. The summed E-state index contributed by atoms with van der Waals surface area (Å²) in [5.41, 5.74) is -0.204. The van der Waals surface area contributed by atoms with Crippen molar-refractivity contribution >= 4 is 10.8 Å². The van der Waals surface area contributed by atoms with Crippen LogP contribution >= 0.6 is 0 Å². The average Bonchev–Trinajstić information content (AvgIpc) is 2.45. The van der Waals surface area contributed by atoms with E-state index >= 15 is 0 Å². The lowest BCUT2D eigenvalue weighted by Crippen LogP contribution is -2.06. The Balaban J connectivity index is 2.10. The van der Waals surface area contributed by atoms with Gasteiger partial charge in [0.15, 0.2) is 0 Å². The molecule has 0 aliphatic heterocycles. The highest BCUT2D eigenvalue weighted by atomic mass is 19.1. The zero-order chi connectivity index (χ0) is 15.0. The van der Waals surface area contributed by atoms with Crippen LogP contribution in [0.25, 0.3) is 10.8 Å². The molecule has 1 unspecified atom stereocenters. The molecule has 3 aromatic rings. The molecule has 0 saturated heterocycles. The first-order valence-electron chi connectivity index (χ1n) is 6.37. The van der Waals surface area contributed by atoms with Crippen LogP contribution in [0, 0.1) is 17.5 Å². The molecule has 0 aliphatic rings. The third kappa shape index (κ3) is 2.50. The van der Waals surface area contributed by atoms with Gasteiger partial charge in [-0.15, -0.1) is 0 Å². The minimum Gasteiger partial charge on any atom is -0.383 e. The van der Waals surface area contributed by atoms with Gasteiger partial charge in [-0.2, -0.15) is 0 Å². The van der Waals surface area contributed by atoms with Crippen LogP contribution in [0.5, 0.6) is 0 Å². The number of hydrogen-bond donors (Lipinski definition) is 1. The zero-order valence-electron chi connectivity index (χ0n) is 10.9. The van der Waals surface area contributed by atoms with Crippen LogP contribution in [-0.4, -0.2) is 5.11 Å². The van der Waals surface area contributed by atoms with Crippen LogP contribution in [0.4, 0.5) is 13.2 Å². The predicted molar refractivity (Wildman–Crippen MR) is 74.3 cm³/mol. The number of aliphatic hydroxyl groups excluding tert-OH is 1. The van der Waals surface area contributed by atoms with E-state index < -0.39 is 29.1 Å². The summed E-state index contributed by atoms with van der Waals surface area (Å²) in [6.07, 6.45) is -1.49. The number of halogens is 3. The molecule has 3 rings (SSSR count). The molecule has 0 amide bonds. The van der Waals surface area contributed by atoms with Gasteiger partial charge in [0.1, 0.15) is 23.6 Å². The Kier molecular flexibility index (Phi) is 3.39. The molecule has 106 valence electrons. The van der Waals surface area contributed by atoms with Gasteiger partial charge in [-0.25, -0.2) is 13.2 Å². The Hall–Kier alpha value is -2.33. The summed E-state index contributed by atoms with van der Waals surface area (Å²) in [6.45, 7) is 0. The van der Waals surface area contributed by atoms with Crippen LogP contribution in [0.2, 0.25) is 0 Å². The fraction of sp³-hybridized carbons (Fsp3) is 0.0588. The van der Waals surface area contributed by atoms with Gasteiger partial charge in [0.05, 0.1) is 5.56 Å². The fourth-order valence-corrected chi connectivity index (χ4v) is 2.36. The van der Waals surface area contributed by atoms with Crippen molar-refractivity contribution in [2.75, 3.05) is 0 Å². The topological polar surface area (TPSA) is 20.2 Å². The van der Waals surface area contributed by atoms with Gasteiger partial charge in [-0.3, -0.25) is 0 Å². The quantitative estimate of drug-likeness (QED) is 0.743. The van der Waals surface area contributed by atoms with Gasteiger partial charge >= 0.3 is 0 Å². The smallest absolute Gasteiger partial charge is 0.135 e. The standard InChI is InChI=1S/C17H11F3O/c18-13-8-14(19)16(15(20)9-13)17(21)12-6-5-10-3-1-2-4-11(10)7-12/h1-9,17,21H. The molecule has 21 heavy (non-hydrogen) atoms. The Labute approximate surface area is 119 Å². The average molecular weight is 288 g/mol. The van der Waals surface area contributed by atoms with Gasteiger partial charge < -0.3 is 5.11 Å². The third-order valence-electron chi connectivity index (χ3n) is 3.41. The van der Waals surface area contributed by atoms with E-state index in [2.05, 4.69) is 0 Å². The lowest BCUT2D eigenvalue weighted by Gasteiger charge is -2.14. The van der Waals surface area contributed by atoms with Crippen molar-refractivity contribution in [2.24, 2.45) is 0 Å². The van der Waals surface area contributed by atoms with Gasteiger partial charge in [-0.05, 0) is 22.4 Å². The fourth-order valence-electron chi connectivity index (χ4n) is 2.36. The maximum atomic E-state index is 13.7. The highest BCUT2D eigenvalue weighted by Gasteiger charge is 2.21. The van der Waals surface area contributed by atoms with E-state index in [1.807, 2.05) is 24.3 Å². The van der Waals surface area contributed by atoms with Crippen LogP contribution < -0.4 is 0 Å². The number of rotatable bonds is 2. The highest BCUT2D eigenvalue weighted by molar-refractivity contribution is 5.83. The molecule has 0 saturated carbocycles. The summed E-state index contributed by atoms with van der Waals surface area (Å²) < 4.78 is 40.4. The molecule has 0 aromatic heterocycles. The van der Waals surface area contributed by atoms with Crippen LogP contribution in [-0.2, 0) is 0 Å². The van der Waals surface area contributed by atoms with Crippen LogP contribution in [0.3, 0.4) is 0 Å². The Bertz CT molecular complexity index is 791. The van der Waals surface area contributed by atoms with E-state index in [1.165, 1.54) is 0 Å². The SMILES string of the molecule is OC(c1ccc2ccccc2c1)c1c(F)cc(F)cc1F. The minimum absolute atomic E-state index is 0.345. The number of aliphatic hydroxyl groups is 1. The normalized spacial score (nSPS) is 12.6. The van der Waals surface area contributed by atoms with E-state index in [9.17, 15) is 18.3 Å². The summed E-state index contributed by atoms with van der Waals surface area (Å²) in [7, 11) is 0. The van der Waals surface area contributed by atoms with Crippen molar-refractivity contribution in [3.05, 3.63) is 83.2 Å². The first kappa shape index (κ1) is 13.6. The summed E-state index contributed by atoms with van der Waals surface area (Å²) in [4.78, 5) is 0. The Morgan fingerprint density at radius 1 is 0.762 bits per heavy atom. The third-order valence-corrected chi connectivity index (χ3v) is 3.41. The van der Waals surface area contributed by atoms with Crippen molar-refractivity contribution in [1.29, 1.82) is 0 Å². The highest BCUT2D eigenvalue weighted by Crippen LogP contribution is 2.29. The molecule has 4 heteroatoms. The first-order valence-corrected chi connectivity index (χ1v) is 6.37. The maximum absolute atomic E-state index is 13.7. The molecular weight excluding hydrogens is 277 g/mol. The van der Waals surface area contributed by atoms with Gasteiger partial charge in [0.25, 0.3) is 0 Å². The molecule has 0 fully saturated rings. The van der Waals surface area contributed by atoms with Crippen molar-refractivity contribution in [1.82, 2.24) is 0 Å². The second kappa shape index (κ2) is 5.22. The van der Waals surface area contributed by atoms with Gasteiger partial charge in [-0.1, -0.05) is 36.4 Å². The summed E-state index contributed by atoms with van der Waals surface area (Å²) >= 11 is 0. The summed E-state index contributed by atoms with van der Waals surface area (Å²) in [6, 6.07) is 13.6. The van der Waals surface area contributed by atoms with Crippen molar-refractivity contribution in [3.63, 3.8) is 0 Å². The summed E-state index contributed by atoms with van der Waals surface area (Å²) in [5.74, 6) is -3.22. The number of fused-ring (bicyclic) bond motifs is 1. The molecule has 0 radical (unpaired) electrons. The molecule has 0 bridgehead atoms. The lowest BCUT2D eigenvalue weighted by molar-refractivity contribution is 0.209. The molecular formula is C17H11F3O. The second-order valence-electron chi connectivity index (χ2n) is 4.79. The van der Waals surface area contributed by atoms with Crippen molar-refractivity contribution in [2.45, 2.75) is 6.10 Å². The Morgan fingerprint density at radius 2 is 1.38 bits per heavy atom. The second-order valence-corrected chi connectivity index (χ2v) is 4.79. The van der Waals surface area contributed by atoms with Gasteiger partial charge in [0.2, 0.25) is 0 Å². The van der Waals surface area contributed by atoms with Gasteiger partial charge in [0, 0.05) is 12.1 Å². The van der Waals surface area contributed by atoms with Crippen LogP contribution in [0.15, 0.2) is 54.6 Å². The lowest BCUT2D eigenvalue weighted by atomic mass is 9.98. The van der Waals surface area contributed by atoms with E-state index in [-0.39, 0.29) is 0 Å². The van der Waals surface area contributed by atoms with E-state index in [0.717, 1.165) is 10.8 Å². The number of hydrogen-bond acceptors (Lipinski definition) is 1. The van der Waals surface area contributed by atoms with Crippen molar-refractivity contribution < 1.29 is 18.3 Å². The maximum Gasteiger partial charge on any atom is 0.135 e. The first-order chi connectivity index (χ1) is 10.1. The van der Waals surface area contributed by atoms with Crippen LogP contribution in [0.1, 0.15) is 17.2 Å².